The zero-order valence-corrected chi connectivity index (χ0v) is 10.5. The Kier molecular flexibility index (Phi) is 5.16. The lowest BCUT2D eigenvalue weighted by Gasteiger charge is -2.13. The third-order valence-corrected chi connectivity index (χ3v) is 2.40. The molecular weight excluding hydrogens is 236 g/mol. The molecule has 0 radical (unpaired) electrons. The van der Waals surface area contributed by atoms with E-state index in [0.717, 1.165) is 0 Å². The number of amides is 2. The molecule has 0 aromatic carbocycles. The lowest BCUT2D eigenvalue weighted by atomic mass is 10.2. The van der Waals surface area contributed by atoms with E-state index in [2.05, 4.69) is 15.7 Å². The van der Waals surface area contributed by atoms with Crippen LogP contribution in [0.3, 0.4) is 0 Å². The highest BCUT2D eigenvalue weighted by Gasteiger charge is 2.18. The lowest BCUT2D eigenvalue weighted by Crippen LogP contribution is -2.42. The van der Waals surface area contributed by atoms with Crippen molar-refractivity contribution in [1.29, 1.82) is 0 Å². The Hall–Kier alpha value is -2.05. The molecule has 1 unspecified atom stereocenters. The number of hydrogen-bond acceptors (Lipinski definition) is 3. The van der Waals surface area contributed by atoms with Gasteiger partial charge in [-0.2, -0.15) is 5.10 Å². The molecule has 2 amide bonds. The number of carbonyl (C=O) groups excluding carboxylic acids is 1. The van der Waals surface area contributed by atoms with Crippen LogP contribution in [0.4, 0.5) is 10.5 Å². The molecule has 0 bridgehead atoms. The summed E-state index contributed by atoms with van der Waals surface area (Å²) < 4.78 is 1.66. The molecule has 100 valence electrons. The lowest BCUT2D eigenvalue weighted by molar-refractivity contribution is -0.139. The quantitative estimate of drug-likeness (QED) is 0.712. The van der Waals surface area contributed by atoms with E-state index >= 15 is 0 Å². The number of aliphatic carboxylic acids is 1. The number of carboxylic acids is 1. The first-order valence-electron chi connectivity index (χ1n) is 5.89. The van der Waals surface area contributed by atoms with Gasteiger partial charge in [-0.3, -0.25) is 4.68 Å². The fourth-order valence-corrected chi connectivity index (χ4v) is 1.47. The van der Waals surface area contributed by atoms with Gasteiger partial charge >= 0.3 is 12.0 Å². The van der Waals surface area contributed by atoms with Gasteiger partial charge in [-0.15, -0.1) is 0 Å². The summed E-state index contributed by atoms with van der Waals surface area (Å²) in [5.74, 6) is -1.03. The zero-order chi connectivity index (χ0) is 13.5. The van der Waals surface area contributed by atoms with Crippen molar-refractivity contribution in [3.05, 3.63) is 12.4 Å². The first kappa shape index (κ1) is 14.0. The molecule has 0 saturated heterocycles. The second-order valence-corrected chi connectivity index (χ2v) is 3.86. The molecule has 3 N–H and O–H groups in total. The smallest absolute Gasteiger partial charge is 0.326 e. The van der Waals surface area contributed by atoms with Crippen LogP contribution in [0.2, 0.25) is 0 Å². The van der Waals surface area contributed by atoms with E-state index < -0.39 is 18.0 Å². The average molecular weight is 254 g/mol. The Bertz CT molecular complexity index is 416. The van der Waals surface area contributed by atoms with Crippen LogP contribution in [0, 0.1) is 0 Å². The number of aromatic nitrogens is 2. The minimum absolute atomic E-state index is 0.400. The highest BCUT2D eigenvalue weighted by molar-refractivity contribution is 5.91. The standard InChI is InChI=1S/C11H18N4O3/c1-3-5-9(10(16)17)14-11(18)13-8-6-12-15(4-2)7-8/h6-7,9H,3-5H2,1-2H3,(H,16,17)(H2,13,14,18). The van der Waals surface area contributed by atoms with Gasteiger partial charge in [0.15, 0.2) is 0 Å². The number of nitrogens with one attached hydrogen (secondary N) is 2. The SMILES string of the molecule is CCCC(NC(=O)Nc1cnn(CC)c1)C(=O)O. The van der Waals surface area contributed by atoms with Crippen LogP contribution in [-0.2, 0) is 11.3 Å². The molecule has 0 fully saturated rings. The molecule has 1 atom stereocenters. The maximum absolute atomic E-state index is 11.6. The summed E-state index contributed by atoms with van der Waals surface area (Å²) in [5, 5.41) is 17.8. The van der Waals surface area contributed by atoms with Gasteiger partial charge in [-0.25, -0.2) is 9.59 Å². The van der Waals surface area contributed by atoms with Crippen LogP contribution in [0.25, 0.3) is 0 Å². The van der Waals surface area contributed by atoms with Gasteiger partial charge in [0.2, 0.25) is 0 Å². The van der Waals surface area contributed by atoms with Gasteiger partial charge in [-0.05, 0) is 13.3 Å². The minimum atomic E-state index is -1.03. The third kappa shape index (κ3) is 4.08. The predicted octanol–water partition coefficient (Wildman–Crippen LogP) is 1.28. The van der Waals surface area contributed by atoms with E-state index in [9.17, 15) is 9.59 Å². The van der Waals surface area contributed by atoms with Gasteiger partial charge in [0.1, 0.15) is 6.04 Å². The van der Waals surface area contributed by atoms with Crippen molar-refractivity contribution < 1.29 is 14.7 Å². The van der Waals surface area contributed by atoms with Gasteiger partial charge in [0, 0.05) is 12.7 Å². The van der Waals surface area contributed by atoms with Crippen molar-refractivity contribution in [2.24, 2.45) is 0 Å². The Balaban J connectivity index is 2.51. The Labute approximate surface area is 105 Å². The highest BCUT2D eigenvalue weighted by Crippen LogP contribution is 2.05. The molecule has 18 heavy (non-hydrogen) atoms. The van der Waals surface area contributed by atoms with Crippen LogP contribution >= 0.6 is 0 Å². The van der Waals surface area contributed by atoms with E-state index in [1.165, 1.54) is 6.20 Å². The molecule has 7 heteroatoms. The normalized spacial score (nSPS) is 11.9. The molecule has 1 aromatic heterocycles. The van der Waals surface area contributed by atoms with Gasteiger partial charge in [-0.1, -0.05) is 13.3 Å². The van der Waals surface area contributed by atoms with Crippen molar-refractivity contribution >= 4 is 17.7 Å². The van der Waals surface area contributed by atoms with E-state index in [0.29, 0.717) is 25.1 Å². The fraction of sp³-hybridized carbons (Fsp3) is 0.545. The Morgan fingerprint density at radius 2 is 2.22 bits per heavy atom. The first-order chi connectivity index (χ1) is 8.56. The summed E-state index contributed by atoms with van der Waals surface area (Å²) in [7, 11) is 0. The number of hydrogen-bond donors (Lipinski definition) is 3. The summed E-state index contributed by atoms with van der Waals surface area (Å²) in [6.07, 6.45) is 4.27. The van der Waals surface area contributed by atoms with Crippen LogP contribution in [0.1, 0.15) is 26.7 Å². The molecule has 0 aliphatic heterocycles. The fourth-order valence-electron chi connectivity index (χ4n) is 1.47. The molecule has 7 nitrogen and oxygen atoms in total. The van der Waals surface area contributed by atoms with E-state index in [1.807, 2.05) is 13.8 Å². The van der Waals surface area contributed by atoms with Gasteiger partial charge in [0.25, 0.3) is 0 Å². The number of anilines is 1. The maximum atomic E-state index is 11.6. The van der Waals surface area contributed by atoms with E-state index in [-0.39, 0.29) is 0 Å². The van der Waals surface area contributed by atoms with E-state index in [1.54, 1.807) is 10.9 Å². The molecule has 0 spiro atoms. The molecule has 1 rings (SSSR count). The van der Waals surface area contributed by atoms with Crippen molar-refractivity contribution in [2.75, 3.05) is 5.32 Å². The van der Waals surface area contributed by atoms with E-state index in [4.69, 9.17) is 5.11 Å². The Morgan fingerprint density at radius 1 is 1.50 bits per heavy atom. The van der Waals surface area contributed by atoms with Crippen LogP contribution in [-0.4, -0.2) is 32.9 Å². The summed E-state index contributed by atoms with van der Waals surface area (Å²) in [6, 6.07) is -1.40. The monoisotopic (exact) mass is 254 g/mol. The number of aryl methyl sites for hydroxylation is 1. The topological polar surface area (TPSA) is 96.3 Å². The maximum Gasteiger partial charge on any atom is 0.326 e. The molecular formula is C11H18N4O3. The molecule has 0 aliphatic rings. The summed E-state index contributed by atoms with van der Waals surface area (Å²) in [6.45, 7) is 4.50. The second kappa shape index (κ2) is 6.63. The van der Waals surface area contributed by atoms with Crippen molar-refractivity contribution in [3.8, 4) is 0 Å². The largest absolute Gasteiger partial charge is 0.480 e. The molecule has 0 saturated carbocycles. The van der Waals surface area contributed by atoms with Crippen LogP contribution in [0.15, 0.2) is 12.4 Å². The summed E-state index contributed by atoms with van der Waals surface area (Å²) in [4.78, 5) is 22.4. The van der Waals surface area contributed by atoms with Gasteiger partial charge in [0.05, 0.1) is 11.9 Å². The number of rotatable bonds is 6. The van der Waals surface area contributed by atoms with Gasteiger partial charge < -0.3 is 15.7 Å². The van der Waals surface area contributed by atoms with Crippen molar-refractivity contribution in [2.45, 2.75) is 39.3 Å². The van der Waals surface area contributed by atoms with Crippen LogP contribution in [0.5, 0.6) is 0 Å². The van der Waals surface area contributed by atoms with Crippen LogP contribution < -0.4 is 10.6 Å². The summed E-state index contributed by atoms with van der Waals surface area (Å²) >= 11 is 0. The minimum Gasteiger partial charge on any atom is -0.480 e. The molecule has 1 aromatic rings. The molecule has 0 aliphatic carbocycles. The average Bonchev–Trinajstić information content (AvgIpc) is 2.76. The number of urea groups is 1. The molecule has 1 heterocycles. The zero-order valence-electron chi connectivity index (χ0n) is 10.5. The van der Waals surface area contributed by atoms with Crippen molar-refractivity contribution in [1.82, 2.24) is 15.1 Å². The second-order valence-electron chi connectivity index (χ2n) is 3.86. The Morgan fingerprint density at radius 3 is 2.72 bits per heavy atom. The van der Waals surface area contributed by atoms with Crippen molar-refractivity contribution in [3.63, 3.8) is 0 Å². The first-order valence-corrected chi connectivity index (χ1v) is 5.89. The number of nitrogens with zero attached hydrogens (tertiary/aromatic N) is 2. The number of carbonyl (C=O) groups is 2. The third-order valence-electron chi connectivity index (χ3n) is 2.40. The highest BCUT2D eigenvalue weighted by atomic mass is 16.4. The number of carboxylic acid groups (broad SMARTS) is 1. The predicted molar refractivity (Wildman–Crippen MR) is 66.4 cm³/mol. The summed E-state index contributed by atoms with van der Waals surface area (Å²) in [5.41, 5.74) is 0.537.